The average Bonchev–Trinajstić information content (AvgIpc) is 3.26. The molecule has 0 heterocycles. The van der Waals surface area contributed by atoms with Crippen LogP contribution in [-0.4, -0.2) is 91.6 Å². The zero-order valence-electron chi connectivity index (χ0n) is 41.2. The predicted molar refractivity (Wildman–Crippen MR) is 267 cm³/mol. The minimum Gasteiger partial charge on any atom is -0.348 e. The summed E-state index contributed by atoms with van der Waals surface area (Å²) in [6.07, 6.45) is 5.43. The third kappa shape index (κ3) is 17.2. The van der Waals surface area contributed by atoms with E-state index in [0.717, 1.165) is 60.8 Å². The molecule has 6 amide bonds. The summed E-state index contributed by atoms with van der Waals surface area (Å²) in [5.74, 6) is -2.78. The van der Waals surface area contributed by atoms with Crippen molar-refractivity contribution in [2.75, 3.05) is 14.1 Å². The molecule has 15 nitrogen and oxygen atoms in total. The van der Waals surface area contributed by atoms with E-state index in [2.05, 4.69) is 54.7 Å². The first-order valence-electron chi connectivity index (χ1n) is 23.5. The van der Waals surface area contributed by atoms with Gasteiger partial charge < -0.3 is 42.5 Å². The lowest BCUT2D eigenvalue weighted by Crippen LogP contribution is -2.59. The number of amides is 6. The quantitative estimate of drug-likeness (QED) is 0.0846. The van der Waals surface area contributed by atoms with Gasteiger partial charge in [0.05, 0.1) is 24.2 Å². The summed E-state index contributed by atoms with van der Waals surface area (Å²) in [5, 5.41) is 23.6. The molecule has 0 bridgehead atoms. The number of ketones is 1. The maximum atomic E-state index is 14.1. The third-order valence-electron chi connectivity index (χ3n) is 12.8. The standard InChI is InChI=1S/C50H76N8O7.2ClH/c1-30(51-9)43(60)57-41(49(3,4)5)47(64)55-39(45(62)53-37-25-15-20-32-18-11-13-23-35(32)37)27-17-22-34(59)28-29-40(46(63)54-38-26-16-21-33-19-12-14-24-36(33)38)56-48(65)42(50(6,7)8)58-44(61)31(2)52-10;;/h11-14,18-19,23-24,30-31,37-42,51-52H,15-17,20-22,25-29H2,1-10H3,(H,53,62)(H,54,63)(H,55,64)(H,56,65)(H,57,60)(H,58,61);2*1H/t30-,31-,37+,38+,39-,40-,41+,42+;;/m0../s1. The van der Waals surface area contributed by atoms with Crippen molar-refractivity contribution in [3.8, 4) is 0 Å². The minimum absolute atomic E-state index is 0. The van der Waals surface area contributed by atoms with E-state index in [1.165, 1.54) is 0 Å². The van der Waals surface area contributed by atoms with Gasteiger partial charge in [0.25, 0.3) is 0 Å². The predicted octanol–water partition coefficient (Wildman–Crippen LogP) is 4.98. The molecule has 0 radical (unpaired) electrons. The fourth-order valence-electron chi connectivity index (χ4n) is 8.48. The second-order valence-corrected chi connectivity index (χ2v) is 20.0. The summed E-state index contributed by atoms with van der Waals surface area (Å²) in [6, 6.07) is 10.3. The molecule has 0 saturated carbocycles. The summed E-state index contributed by atoms with van der Waals surface area (Å²) in [5.41, 5.74) is 2.97. The lowest BCUT2D eigenvalue weighted by atomic mass is 9.85. The first kappa shape index (κ1) is 58.6. The number of Topliss-reactive ketones (excluding diaryl/α,β-unsaturated/α-hetero) is 1. The van der Waals surface area contributed by atoms with E-state index in [4.69, 9.17) is 0 Å². The number of halogens is 2. The largest absolute Gasteiger partial charge is 0.348 e. The van der Waals surface area contributed by atoms with Gasteiger partial charge in [0.2, 0.25) is 35.4 Å². The summed E-state index contributed by atoms with van der Waals surface area (Å²) in [4.78, 5) is 95.9. The van der Waals surface area contributed by atoms with Crippen LogP contribution < -0.4 is 42.5 Å². The van der Waals surface area contributed by atoms with Gasteiger partial charge in [-0.3, -0.25) is 33.6 Å². The summed E-state index contributed by atoms with van der Waals surface area (Å²) in [7, 11) is 3.30. The number of fused-ring (bicyclic) bond motifs is 2. The lowest BCUT2D eigenvalue weighted by molar-refractivity contribution is -0.135. The van der Waals surface area contributed by atoms with E-state index in [-0.39, 0.29) is 92.5 Å². The molecule has 0 aromatic heterocycles. The van der Waals surface area contributed by atoms with Crippen LogP contribution in [0.1, 0.15) is 148 Å². The molecule has 4 rings (SSSR count). The van der Waals surface area contributed by atoms with Crippen molar-refractivity contribution in [2.45, 2.75) is 174 Å². The highest BCUT2D eigenvalue weighted by molar-refractivity contribution is 5.95. The van der Waals surface area contributed by atoms with Crippen LogP contribution in [0.15, 0.2) is 48.5 Å². The van der Waals surface area contributed by atoms with E-state index >= 15 is 0 Å². The van der Waals surface area contributed by atoms with Gasteiger partial charge in [0.15, 0.2) is 0 Å². The molecule has 17 heteroatoms. The number of hydrogen-bond donors (Lipinski definition) is 8. The van der Waals surface area contributed by atoms with Crippen molar-refractivity contribution in [3.63, 3.8) is 0 Å². The van der Waals surface area contributed by atoms with E-state index in [1.54, 1.807) is 27.9 Å². The number of hydrogen-bond acceptors (Lipinski definition) is 9. The Labute approximate surface area is 410 Å². The monoisotopic (exact) mass is 973 g/mol. The maximum absolute atomic E-state index is 14.1. The highest BCUT2D eigenvalue weighted by Crippen LogP contribution is 2.31. The van der Waals surface area contributed by atoms with Crippen molar-refractivity contribution in [1.82, 2.24) is 42.5 Å². The summed E-state index contributed by atoms with van der Waals surface area (Å²) in [6.45, 7) is 14.4. The number of benzene rings is 2. The van der Waals surface area contributed by atoms with Gasteiger partial charge >= 0.3 is 0 Å². The van der Waals surface area contributed by atoms with Crippen LogP contribution >= 0.6 is 24.8 Å². The molecule has 8 atom stereocenters. The van der Waals surface area contributed by atoms with E-state index in [0.29, 0.717) is 0 Å². The minimum atomic E-state index is -1.09. The normalized spacial score (nSPS) is 18.2. The van der Waals surface area contributed by atoms with E-state index in [9.17, 15) is 33.6 Å². The van der Waals surface area contributed by atoms with Crippen LogP contribution in [0.2, 0.25) is 0 Å². The average molecular weight is 974 g/mol. The Bertz CT molecular complexity index is 2000. The van der Waals surface area contributed by atoms with Crippen molar-refractivity contribution in [2.24, 2.45) is 10.8 Å². The zero-order valence-corrected chi connectivity index (χ0v) is 42.8. The highest BCUT2D eigenvalue weighted by Gasteiger charge is 2.38. The smallest absolute Gasteiger partial charge is 0.243 e. The molecule has 2 aromatic carbocycles. The highest BCUT2D eigenvalue weighted by atomic mass is 35.5. The molecule has 67 heavy (non-hydrogen) atoms. The van der Waals surface area contributed by atoms with E-state index < -0.39 is 64.8 Å². The third-order valence-corrected chi connectivity index (χ3v) is 12.8. The molecule has 0 unspecified atom stereocenters. The van der Waals surface area contributed by atoms with Gasteiger partial charge in [-0.25, -0.2) is 0 Å². The van der Waals surface area contributed by atoms with Crippen LogP contribution in [0.25, 0.3) is 0 Å². The Hall–Kier alpha value is -4.57. The summed E-state index contributed by atoms with van der Waals surface area (Å²) < 4.78 is 0. The molecule has 2 aliphatic rings. The van der Waals surface area contributed by atoms with Crippen molar-refractivity contribution >= 4 is 66.0 Å². The Morgan fingerprint density at radius 1 is 0.537 bits per heavy atom. The topological polar surface area (TPSA) is 216 Å². The van der Waals surface area contributed by atoms with Gasteiger partial charge in [-0.2, -0.15) is 0 Å². The van der Waals surface area contributed by atoms with Crippen molar-refractivity contribution < 1.29 is 33.6 Å². The molecular weight excluding hydrogens is 896 g/mol. The Kier molecular flexibility index (Phi) is 23.5. The molecule has 8 N–H and O–H groups in total. The van der Waals surface area contributed by atoms with Crippen LogP contribution in [0.5, 0.6) is 0 Å². The first-order chi connectivity index (χ1) is 30.6. The maximum Gasteiger partial charge on any atom is 0.243 e. The van der Waals surface area contributed by atoms with E-state index in [1.807, 2.05) is 77.9 Å². The molecule has 2 aromatic rings. The van der Waals surface area contributed by atoms with Crippen molar-refractivity contribution in [3.05, 3.63) is 70.8 Å². The number of carbonyl (C=O) groups excluding carboxylic acids is 7. The second kappa shape index (κ2) is 26.8. The number of likely N-dealkylation sites (N-methyl/N-ethyl adjacent to an activating group) is 2. The molecule has 0 saturated heterocycles. The van der Waals surface area contributed by atoms with Crippen LogP contribution in [0, 0.1) is 10.8 Å². The lowest BCUT2D eigenvalue weighted by Gasteiger charge is -2.33. The number of rotatable bonds is 21. The van der Waals surface area contributed by atoms with Crippen LogP contribution in [-0.2, 0) is 46.4 Å². The summed E-state index contributed by atoms with van der Waals surface area (Å²) >= 11 is 0. The number of carbonyl (C=O) groups is 7. The zero-order chi connectivity index (χ0) is 48.1. The fourth-order valence-corrected chi connectivity index (χ4v) is 8.48. The molecule has 374 valence electrons. The van der Waals surface area contributed by atoms with Gasteiger partial charge in [-0.1, -0.05) is 90.1 Å². The van der Waals surface area contributed by atoms with Gasteiger partial charge in [0.1, 0.15) is 30.0 Å². The Morgan fingerprint density at radius 2 is 0.925 bits per heavy atom. The molecule has 2 aliphatic carbocycles. The fraction of sp³-hybridized carbons (Fsp3) is 0.620. The van der Waals surface area contributed by atoms with Crippen LogP contribution in [0.4, 0.5) is 0 Å². The first-order valence-corrected chi connectivity index (χ1v) is 23.5. The Morgan fingerprint density at radius 3 is 1.31 bits per heavy atom. The molecule has 0 spiro atoms. The van der Waals surface area contributed by atoms with Crippen molar-refractivity contribution in [1.29, 1.82) is 0 Å². The Balaban J connectivity index is 0.00000771. The molecule has 0 fully saturated rings. The van der Waals surface area contributed by atoms with Gasteiger partial charge in [-0.05, 0) is 119 Å². The second-order valence-electron chi connectivity index (χ2n) is 20.0. The van der Waals surface area contributed by atoms with Gasteiger partial charge in [-0.15, -0.1) is 24.8 Å². The molecular formula is C50H78Cl2N8O7. The molecule has 0 aliphatic heterocycles. The SMILES string of the molecule is CN[C@@H](C)C(=O)N[C@H](C(=O)N[C@@H](CCCC(=O)CC[C@H](NC(=O)[C@@H](NC(=O)[C@H](C)NC)C(C)(C)C)C(=O)N[C@@H]1CCCc2ccccc21)C(=O)N[C@@H]1CCCc2ccccc21)C(C)(C)C.Cl.Cl. The van der Waals surface area contributed by atoms with Crippen LogP contribution in [0.3, 0.4) is 0 Å². The van der Waals surface area contributed by atoms with Gasteiger partial charge in [0, 0.05) is 12.8 Å². The number of aryl methyl sites for hydroxylation is 2. The number of nitrogens with one attached hydrogen (secondary N) is 8.